The molecule has 1 fully saturated rings. The Hall–Kier alpha value is -1.36. The second-order valence-electron chi connectivity index (χ2n) is 5.36. The SMILES string of the molecule is O=C(NC1COc2cc(Br)ccc2C1=O)C1CCCC1. The molecule has 1 unspecified atom stereocenters. The summed E-state index contributed by atoms with van der Waals surface area (Å²) in [6.45, 7) is 0.209. The van der Waals surface area contributed by atoms with Crippen LogP contribution in [-0.4, -0.2) is 24.3 Å². The van der Waals surface area contributed by atoms with Crippen LogP contribution in [0.2, 0.25) is 0 Å². The van der Waals surface area contributed by atoms with Gasteiger partial charge < -0.3 is 10.1 Å². The van der Waals surface area contributed by atoms with Gasteiger partial charge in [-0.1, -0.05) is 28.8 Å². The fourth-order valence-electron chi connectivity index (χ4n) is 2.84. The van der Waals surface area contributed by atoms with Gasteiger partial charge in [0, 0.05) is 10.4 Å². The molecule has 0 spiro atoms. The van der Waals surface area contributed by atoms with E-state index in [0.29, 0.717) is 11.3 Å². The highest BCUT2D eigenvalue weighted by Crippen LogP contribution is 2.29. The Morgan fingerprint density at radius 2 is 2.05 bits per heavy atom. The van der Waals surface area contributed by atoms with Crippen LogP contribution >= 0.6 is 15.9 Å². The predicted molar refractivity (Wildman–Crippen MR) is 77.9 cm³/mol. The van der Waals surface area contributed by atoms with Crippen molar-refractivity contribution in [2.45, 2.75) is 31.7 Å². The average molecular weight is 338 g/mol. The maximum Gasteiger partial charge on any atom is 0.223 e. The third-order valence-corrected chi connectivity index (χ3v) is 4.47. The maximum absolute atomic E-state index is 12.4. The van der Waals surface area contributed by atoms with Gasteiger partial charge in [0.1, 0.15) is 18.4 Å². The highest BCUT2D eigenvalue weighted by Gasteiger charge is 2.32. The molecule has 0 radical (unpaired) electrons. The summed E-state index contributed by atoms with van der Waals surface area (Å²) in [7, 11) is 0. The Labute approximate surface area is 126 Å². The number of ether oxygens (including phenoxy) is 1. The van der Waals surface area contributed by atoms with E-state index in [1.165, 1.54) is 0 Å². The molecule has 1 saturated carbocycles. The van der Waals surface area contributed by atoms with Gasteiger partial charge in [-0.3, -0.25) is 9.59 Å². The lowest BCUT2D eigenvalue weighted by Crippen LogP contribution is -2.48. The molecule has 1 aliphatic carbocycles. The summed E-state index contributed by atoms with van der Waals surface area (Å²) >= 11 is 3.35. The maximum atomic E-state index is 12.4. The van der Waals surface area contributed by atoms with Crippen molar-refractivity contribution in [2.24, 2.45) is 5.92 Å². The quantitative estimate of drug-likeness (QED) is 0.902. The molecule has 1 heterocycles. The molecule has 1 N–H and O–H groups in total. The Kier molecular flexibility index (Phi) is 3.78. The molecule has 1 amide bonds. The van der Waals surface area contributed by atoms with E-state index in [1.807, 2.05) is 0 Å². The fourth-order valence-corrected chi connectivity index (χ4v) is 3.18. The van der Waals surface area contributed by atoms with Gasteiger partial charge in [0.05, 0.1) is 5.56 Å². The summed E-state index contributed by atoms with van der Waals surface area (Å²) in [6.07, 6.45) is 4.06. The summed E-state index contributed by atoms with van der Waals surface area (Å²) in [5, 5.41) is 2.84. The Balaban J connectivity index is 1.72. The number of halogens is 1. The van der Waals surface area contributed by atoms with Gasteiger partial charge in [-0.25, -0.2) is 0 Å². The first-order valence-electron chi connectivity index (χ1n) is 6.92. The van der Waals surface area contributed by atoms with Gasteiger partial charge in [-0.15, -0.1) is 0 Å². The summed E-state index contributed by atoms with van der Waals surface area (Å²) in [5.74, 6) is 0.569. The Bertz CT molecular complexity index is 552. The fraction of sp³-hybridized carbons (Fsp3) is 0.467. The van der Waals surface area contributed by atoms with Crippen molar-refractivity contribution in [3.05, 3.63) is 28.2 Å². The molecule has 106 valence electrons. The van der Waals surface area contributed by atoms with Crippen LogP contribution in [0.1, 0.15) is 36.0 Å². The van der Waals surface area contributed by atoms with Crippen molar-refractivity contribution >= 4 is 27.6 Å². The first-order valence-corrected chi connectivity index (χ1v) is 7.71. The van der Waals surface area contributed by atoms with Crippen LogP contribution < -0.4 is 10.1 Å². The number of hydrogen-bond acceptors (Lipinski definition) is 3. The lowest BCUT2D eigenvalue weighted by molar-refractivity contribution is -0.125. The van der Waals surface area contributed by atoms with E-state index in [0.717, 1.165) is 30.2 Å². The van der Waals surface area contributed by atoms with Crippen LogP contribution in [0.25, 0.3) is 0 Å². The molecule has 4 nitrogen and oxygen atoms in total. The van der Waals surface area contributed by atoms with E-state index in [1.54, 1.807) is 18.2 Å². The molecular formula is C15H16BrNO3. The van der Waals surface area contributed by atoms with Gasteiger partial charge in [0.15, 0.2) is 5.78 Å². The standard InChI is InChI=1S/C15H16BrNO3/c16-10-5-6-11-13(7-10)20-8-12(14(11)18)17-15(19)9-3-1-2-4-9/h5-7,9,12H,1-4,8H2,(H,17,19). The minimum Gasteiger partial charge on any atom is -0.490 e. The summed E-state index contributed by atoms with van der Waals surface area (Å²) in [5.41, 5.74) is 0.538. The minimum atomic E-state index is -0.559. The third kappa shape index (κ3) is 2.59. The van der Waals surface area contributed by atoms with E-state index in [4.69, 9.17) is 4.74 Å². The Morgan fingerprint density at radius 3 is 2.80 bits per heavy atom. The number of carbonyl (C=O) groups excluding carboxylic acids is 2. The van der Waals surface area contributed by atoms with Crippen molar-refractivity contribution in [3.63, 3.8) is 0 Å². The van der Waals surface area contributed by atoms with Crippen molar-refractivity contribution < 1.29 is 14.3 Å². The predicted octanol–water partition coefficient (Wildman–Crippen LogP) is 2.70. The van der Waals surface area contributed by atoms with Gasteiger partial charge in [-0.2, -0.15) is 0 Å². The van der Waals surface area contributed by atoms with Crippen molar-refractivity contribution in [2.75, 3.05) is 6.61 Å². The molecular weight excluding hydrogens is 322 g/mol. The first-order chi connectivity index (χ1) is 9.65. The van der Waals surface area contributed by atoms with Gasteiger partial charge in [0.2, 0.25) is 5.91 Å². The average Bonchev–Trinajstić information content (AvgIpc) is 2.96. The van der Waals surface area contributed by atoms with Crippen LogP contribution in [0.3, 0.4) is 0 Å². The zero-order chi connectivity index (χ0) is 14.1. The zero-order valence-electron chi connectivity index (χ0n) is 11.0. The third-order valence-electron chi connectivity index (χ3n) is 3.97. The summed E-state index contributed by atoms with van der Waals surface area (Å²) in [4.78, 5) is 24.5. The van der Waals surface area contributed by atoms with E-state index in [9.17, 15) is 9.59 Å². The topological polar surface area (TPSA) is 55.4 Å². The number of fused-ring (bicyclic) bond motifs is 1. The van der Waals surface area contributed by atoms with Crippen LogP contribution in [0.5, 0.6) is 5.75 Å². The van der Waals surface area contributed by atoms with Crippen LogP contribution in [-0.2, 0) is 4.79 Å². The lowest BCUT2D eigenvalue weighted by Gasteiger charge is -2.26. The van der Waals surface area contributed by atoms with Crippen molar-refractivity contribution in [1.29, 1.82) is 0 Å². The number of nitrogens with one attached hydrogen (secondary N) is 1. The molecule has 0 bridgehead atoms. The molecule has 1 aliphatic heterocycles. The number of ketones is 1. The number of benzene rings is 1. The first kappa shape index (κ1) is 13.6. The molecule has 20 heavy (non-hydrogen) atoms. The molecule has 2 aliphatic rings. The van der Waals surface area contributed by atoms with Crippen molar-refractivity contribution in [1.82, 2.24) is 5.32 Å². The van der Waals surface area contributed by atoms with Crippen LogP contribution in [0.15, 0.2) is 22.7 Å². The lowest BCUT2D eigenvalue weighted by atomic mass is 9.99. The van der Waals surface area contributed by atoms with Crippen LogP contribution in [0, 0.1) is 5.92 Å². The van der Waals surface area contributed by atoms with E-state index in [-0.39, 0.29) is 24.2 Å². The molecule has 1 atom stereocenters. The largest absolute Gasteiger partial charge is 0.490 e. The smallest absolute Gasteiger partial charge is 0.223 e. The summed E-state index contributed by atoms with van der Waals surface area (Å²) < 4.78 is 6.46. The number of amides is 1. The number of rotatable bonds is 2. The second kappa shape index (κ2) is 5.56. The van der Waals surface area contributed by atoms with Crippen LogP contribution in [0.4, 0.5) is 0 Å². The summed E-state index contributed by atoms with van der Waals surface area (Å²) in [6, 6.07) is 4.76. The highest BCUT2D eigenvalue weighted by atomic mass is 79.9. The molecule has 1 aromatic rings. The number of Topliss-reactive ketones (excluding diaryl/α,β-unsaturated/α-hetero) is 1. The van der Waals surface area contributed by atoms with E-state index < -0.39 is 6.04 Å². The normalized spacial score (nSPS) is 22.2. The second-order valence-corrected chi connectivity index (χ2v) is 6.27. The molecule has 5 heteroatoms. The zero-order valence-corrected chi connectivity index (χ0v) is 12.6. The van der Waals surface area contributed by atoms with Gasteiger partial charge >= 0.3 is 0 Å². The Morgan fingerprint density at radius 1 is 1.30 bits per heavy atom. The molecule has 1 aromatic carbocycles. The number of hydrogen-bond donors (Lipinski definition) is 1. The van der Waals surface area contributed by atoms with Gasteiger partial charge in [-0.05, 0) is 31.0 Å². The molecule has 0 aromatic heterocycles. The number of carbonyl (C=O) groups is 2. The van der Waals surface area contributed by atoms with E-state index in [2.05, 4.69) is 21.2 Å². The molecule has 3 rings (SSSR count). The highest BCUT2D eigenvalue weighted by molar-refractivity contribution is 9.10. The van der Waals surface area contributed by atoms with Gasteiger partial charge in [0.25, 0.3) is 0 Å². The minimum absolute atomic E-state index is 0.00925. The van der Waals surface area contributed by atoms with E-state index >= 15 is 0 Å². The van der Waals surface area contributed by atoms with Crippen molar-refractivity contribution in [3.8, 4) is 5.75 Å². The monoisotopic (exact) mass is 337 g/mol. The molecule has 0 saturated heterocycles.